The maximum atomic E-state index is 11.9. The van der Waals surface area contributed by atoms with E-state index in [1.165, 1.54) is 21.9 Å². The Morgan fingerprint density at radius 2 is 2.04 bits per heavy atom. The van der Waals surface area contributed by atoms with Crippen LogP contribution in [0.2, 0.25) is 0 Å². The van der Waals surface area contributed by atoms with Crippen LogP contribution in [-0.4, -0.2) is 45.2 Å². The van der Waals surface area contributed by atoms with Gasteiger partial charge in [-0.05, 0) is 12.8 Å². The molecule has 0 aromatic carbocycles. The minimum Gasteiger partial charge on any atom is -0.358 e. The molecule has 0 radical (unpaired) electrons. The second kappa shape index (κ2) is 8.21. The second-order valence-corrected chi connectivity index (χ2v) is 7.02. The second-order valence-electron chi connectivity index (χ2n) is 6.06. The van der Waals surface area contributed by atoms with Crippen LogP contribution in [0.25, 0.3) is 4.96 Å². The van der Waals surface area contributed by atoms with Crippen molar-refractivity contribution < 1.29 is 0 Å². The van der Waals surface area contributed by atoms with Gasteiger partial charge in [0, 0.05) is 37.4 Å². The lowest BCUT2D eigenvalue weighted by Gasteiger charge is -2.33. The maximum Gasteiger partial charge on any atom is 0.275 e. The monoisotopic (exact) mass is 347 g/mol. The molecule has 24 heavy (non-hydrogen) atoms. The highest BCUT2D eigenvalue weighted by molar-refractivity contribution is 7.20. The van der Waals surface area contributed by atoms with Crippen molar-refractivity contribution in [2.24, 2.45) is 5.92 Å². The molecule has 2 aromatic heterocycles. The zero-order valence-electron chi connectivity index (χ0n) is 14.5. The van der Waals surface area contributed by atoms with Gasteiger partial charge < -0.3 is 5.32 Å². The van der Waals surface area contributed by atoms with Crippen LogP contribution < -0.4 is 10.9 Å². The Kier molecular flexibility index (Phi) is 6.28. The first-order valence-corrected chi connectivity index (χ1v) is 8.85. The Morgan fingerprint density at radius 3 is 2.62 bits per heavy atom. The molecule has 1 N–H and O–H groups in total. The molecule has 0 saturated heterocycles. The maximum absolute atomic E-state index is 11.9. The fraction of sp³-hybridized carbons (Fsp3) is 0.471. The van der Waals surface area contributed by atoms with Crippen molar-refractivity contribution in [3.63, 3.8) is 0 Å². The van der Waals surface area contributed by atoms with Gasteiger partial charge in [0.25, 0.3) is 5.56 Å². The van der Waals surface area contributed by atoms with Crippen LogP contribution in [0.1, 0.15) is 19.5 Å². The van der Waals surface area contributed by atoms with Crippen LogP contribution in [0.15, 0.2) is 36.2 Å². The van der Waals surface area contributed by atoms with E-state index in [2.05, 4.69) is 47.3 Å². The quantitative estimate of drug-likeness (QED) is 0.707. The van der Waals surface area contributed by atoms with Gasteiger partial charge in [-0.15, -0.1) is 18.3 Å². The average Bonchev–Trinajstić information content (AvgIpc) is 2.90. The van der Waals surface area contributed by atoms with E-state index < -0.39 is 0 Å². The molecule has 1 atom stereocenters. The van der Waals surface area contributed by atoms with Crippen molar-refractivity contribution in [1.82, 2.24) is 19.5 Å². The van der Waals surface area contributed by atoms with E-state index in [9.17, 15) is 4.79 Å². The molecule has 0 bridgehead atoms. The summed E-state index contributed by atoms with van der Waals surface area (Å²) in [6.45, 7) is 16.2. The van der Waals surface area contributed by atoms with Crippen LogP contribution in [-0.2, 0) is 0 Å². The molecule has 2 rings (SSSR count). The lowest BCUT2D eigenvalue weighted by molar-refractivity contribution is 0.199. The third kappa shape index (κ3) is 4.30. The van der Waals surface area contributed by atoms with Gasteiger partial charge in [0.05, 0.1) is 0 Å². The first kappa shape index (κ1) is 18.4. The van der Waals surface area contributed by atoms with Crippen LogP contribution in [0.5, 0.6) is 0 Å². The number of nitrogens with one attached hydrogen (secondary N) is 1. The molecule has 130 valence electrons. The number of aryl methyl sites for hydroxylation is 1. The summed E-state index contributed by atoms with van der Waals surface area (Å²) in [5.74, 6) is 0.454. The van der Waals surface area contributed by atoms with Crippen molar-refractivity contribution >= 4 is 21.4 Å². The van der Waals surface area contributed by atoms with E-state index >= 15 is 0 Å². The highest BCUT2D eigenvalue weighted by Crippen LogP contribution is 2.18. The van der Waals surface area contributed by atoms with E-state index in [1.54, 1.807) is 0 Å². The van der Waals surface area contributed by atoms with E-state index in [1.807, 2.05) is 19.1 Å². The molecule has 0 fully saturated rings. The highest BCUT2D eigenvalue weighted by atomic mass is 32.1. The van der Waals surface area contributed by atoms with Crippen molar-refractivity contribution in [2.75, 3.05) is 25.0 Å². The summed E-state index contributed by atoms with van der Waals surface area (Å²) in [4.78, 5) is 19.2. The van der Waals surface area contributed by atoms with Gasteiger partial charge in [-0.25, -0.2) is 4.98 Å². The summed E-state index contributed by atoms with van der Waals surface area (Å²) >= 11 is 1.39. The van der Waals surface area contributed by atoms with Crippen LogP contribution in [0.3, 0.4) is 0 Å². The van der Waals surface area contributed by atoms with Crippen LogP contribution >= 0.6 is 11.3 Å². The molecule has 2 aromatic rings. The predicted octanol–water partition coefficient (Wildman–Crippen LogP) is 2.57. The third-order valence-corrected chi connectivity index (χ3v) is 4.67. The summed E-state index contributed by atoms with van der Waals surface area (Å²) in [5.41, 5.74) is 0.556. The van der Waals surface area contributed by atoms with Crippen molar-refractivity contribution in [1.29, 1.82) is 0 Å². The zero-order chi connectivity index (χ0) is 17.7. The van der Waals surface area contributed by atoms with Gasteiger partial charge in [-0.3, -0.25) is 9.69 Å². The molecule has 0 aliphatic carbocycles. The highest BCUT2D eigenvalue weighted by Gasteiger charge is 2.20. The minimum atomic E-state index is -0.151. The molecule has 0 unspecified atom stereocenters. The standard InChI is InChI=1S/C17H25N5OS/c1-6-8-21(9-7-2)14(12(3)4)11-18-16-20-22-15(23)10-13(5)19-17(22)24-16/h6-7,10,12,14H,1-2,8-9,11H2,3-5H3,(H,18,20)/t14-/m1/s1. The molecule has 2 heterocycles. The van der Waals surface area contributed by atoms with Crippen molar-refractivity contribution in [2.45, 2.75) is 26.8 Å². The molecule has 0 saturated carbocycles. The first-order chi connectivity index (χ1) is 11.5. The molecule has 0 amide bonds. The fourth-order valence-corrected chi connectivity index (χ4v) is 3.50. The summed E-state index contributed by atoms with van der Waals surface area (Å²) in [6.07, 6.45) is 3.81. The normalized spacial score (nSPS) is 12.7. The van der Waals surface area contributed by atoms with Gasteiger partial charge in [-0.1, -0.05) is 37.3 Å². The van der Waals surface area contributed by atoms with E-state index in [0.717, 1.165) is 19.6 Å². The Hall–Kier alpha value is -1.99. The Morgan fingerprint density at radius 1 is 1.38 bits per heavy atom. The van der Waals surface area contributed by atoms with E-state index in [0.29, 0.717) is 27.7 Å². The molecular formula is C17H25N5OS. The number of fused-ring (bicyclic) bond motifs is 1. The zero-order valence-corrected chi connectivity index (χ0v) is 15.3. The number of hydrogen-bond acceptors (Lipinski definition) is 6. The number of nitrogens with zero attached hydrogens (tertiary/aromatic N) is 4. The number of rotatable bonds is 9. The van der Waals surface area contributed by atoms with Gasteiger partial charge in [0.15, 0.2) is 0 Å². The Bertz CT molecular complexity index is 754. The minimum absolute atomic E-state index is 0.151. The predicted molar refractivity (Wildman–Crippen MR) is 101 cm³/mol. The van der Waals surface area contributed by atoms with Gasteiger partial charge in [0.2, 0.25) is 10.1 Å². The van der Waals surface area contributed by atoms with Crippen LogP contribution in [0, 0.1) is 12.8 Å². The number of hydrogen-bond donors (Lipinski definition) is 1. The average molecular weight is 347 g/mol. The molecule has 0 aliphatic rings. The van der Waals surface area contributed by atoms with Crippen LogP contribution in [0.4, 0.5) is 5.13 Å². The molecule has 6 nitrogen and oxygen atoms in total. The van der Waals surface area contributed by atoms with Gasteiger partial charge >= 0.3 is 0 Å². The largest absolute Gasteiger partial charge is 0.358 e. The molecular weight excluding hydrogens is 322 g/mol. The lowest BCUT2D eigenvalue weighted by atomic mass is 10.0. The SMILES string of the molecule is C=CCN(CC=C)[C@H](CNc1nn2c(=O)cc(C)nc2s1)C(C)C. The van der Waals surface area contributed by atoms with Gasteiger partial charge in [0.1, 0.15) is 0 Å². The van der Waals surface area contributed by atoms with E-state index in [4.69, 9.17) is 0 Å². The summed E-state index contributed by atoms with van der Waals surface area (Å²) in [6, 6.07) is 1.79. The topological polar surface area (TPSA) is 62.5 Å². The summed E-state index contributed by atoms with van der Waals surface area (Å²) in [7, 11) is 0. The lowest BCUT2D eigenvalue weighted by Crippen LogP contribution is -2.43. The smallest absolute Gasteiger partial charge is 0.275 e. The fourth-order valence-electron chi connectivity index (χ4n) is 2.65. The molecule has 0 spiro atoms. The Balaban J connectivity index is 2.16. The third-order valence-electron chi connectivity index (χ3n) is 3.80. The van der Waals surface area contributed by atoms with Gasteiger partial charge in [-0.2, -0.15) is 4.52 Å². The van der Waals surface area contributed by atoms with Crippen molar-refractivity contribution in [3.05, 3.63) is 47.4 Å². The van der Waals surface area contributed by atoms with E-state index in [-0.39, 0.29) is 5.56 Å². The molecule has 7 heteroatoms. The summed E-state index contributed by atoms with van der Waals surface area (Å²) < 4.78 is 1.34. The van der Waals surface area contributed by atoms with Crippen molar-refractivity contribution in [3.8, 4) is 0 Å². The summed E-state index contributed by atoms with van der Waals surface area (Å²) in [5, 5.41) is 8.38. The first-order valence-electron chi connectivity index (χ1n) is 8.03. The molecule has 0 aliphatic heterocycles. The number of anilines is 1. The Labute approximate surface area is 146 Å². The number of aromatic nitrogens is 3.